The zero-order chi connectivity index (χ0) is 22.4. The van der Waals surface area contributed by atoms with E-state index in [1.165, 1.54) is 25.3 Å². The number of nitro benzene ring substituents is 1. The molecule has 1 amide bonds. The average Bonchev–Trinajstić information content (AvgIpc) is 2.77. The van der Waals surface area contributed by atoms with Crippen molar-refractivity contribution in [1.29, 1.82) is 5.26 Å². The van der Waals surface area contributed by atoms with Gasteiger partial charge in [0.25, 0.3) is 5.69 Å². The van der Waals surface area contributed by atoms with Crippen LogP contribution in [0.25, 0.3) is 10.9 Å². The quantitative estimate of drug-likeness (QED) is 0.316. The maximum atomic E-state index is 12.4. The fourth-order valence-corrected chi connectivity index (χ4v) is 3.56. The number of rotatable bonds is 8. The molecule has 0 saturated carbocycles. The number of hydrogen-bond donors (Lipinski definition) is 1. The fourth-order valence-electron chi connectivity index (χ4n) is 2.80. The number of aromatic nitrogens is 1. The van der Waals surface area contributed by atoms with E-state index in [4.69, 9.17) is 9.47 Å². The lowest BCUT2D eigenvalue weighted by atomic mass is 10.1. The lowest BCUT2D eigenvalue weighted by Gasteiger charge is -2.09. The Balaban J connectivity index is 1.76. The molecule has 0 aliphatic carbocycles. The molecule has 0 bridgehead atoms. The van der Waals surface area contributed by atoms with Crippen LogP contribution in [0.3, 0.4) is 0 Å². The van der Waals surface area contributed by atoms with Gasteiger partial charge in [-0.2, -0.15) is 5.26 Å². The summed E-state index contributed by atoms with van der Waals surface area (Å²) in [6.07, 6.45) is 0. The van der Waals surface area contributed by atoms with Crippen molar-refractivity contribution < 1.29 is 19.2 Å². The van der Waals surface area contributed by atoms with E-state index >= 15 is 0 Å². The minimum Gasteiger partial charge on any atom is -0.496 e. The summed E-state index contributed by atoms with van der Waals surface area (Å²) in [6.45, 7) is 2.41. The second-order valence-corrected chi connectivity index (χ2v) is 7.18. The first kappa shape index (κ1) is 21.9. The largest absolute Gasteiger partial charge is 0.496 e. The Morgan fingerprint density at radius 1 is 1.26 bits per heavy atom. The van der Waals surface area contributed by atoms with Crippen LogP contribution in [0.15, 0.2) is 47.5 Å². The molecule has 3 aromatic rings. The first-order valence-corrected chi connectivity index (χ1v) is 10.2. The van der Waals surface area contributed by atoms with Crippen LogP contribution in [0.5, 0.6) is 11.5 Å². The molecule has 31 heavy (non-hydrogen) atoms. The number of thioether (sulfide) groups is 1. The second-order valence-electron chi connectivity index (χ2n) is 6.22. The van der Waals surface area contributed by atoms with Crippen LogP contribution in [0.1, 0.15) is 12.5 Å². The molecule has 2 aromatic carbocycles. The Morgan fingerprint density at radius 3 is 2.71 bits per heavy atom. The van der Waals surface area contributed by atoms with E-state index in [1.807, 2.05) is 6.92 Å². The highest BCUT2D eigenvalue weighted by Crippen LogP contribution is 2.30. The highest BCUT2D eigenvalue weighted by atomic mass is 32.2. The molecule has 0 radical (unpaired) electrons. The Bertz CT molecular complexity index is 1190. The number of pyridine rings is 1. The number of nitro groups is 1. The number of hydrogen-bond acceptors (Lipinski definition) is 8. The van der Waals surface area contributed by atoms with Gasteiger partial charge in [-0.15, -0.1) is 0 Å². The summed E-state index contributed by atoms with van der Waals surface area (Å²) >= 11 is 1.08. The molecule has 1 heterocycles. The highest BCUT2D eigenvalue weighted by Gasteiger charge is 2.18. The third kappa shape index (κ3) is 5.21. The molecule has 3 rings (SSSR count). The summed E-state index contributed by atoms with van der Waals surface area (Å²) < 4.78 is 10.5. The van der Waals surface area contributed by atoms with Gasteiger partial charge >= 0.3 is 0 Å². The van der Waals surface area contributed by atoms with Gasteiger partial charge in [-0.1, -0.05) is 11.8 Å². The van der Waals surface area contributed by atoms with Crippen molar-refractivity contribution in [1.82, 2.24) is 4.98 Å². The van der Waals surface area contributed by atoms with Gasteiger partial charge in [0.05, 0.1) is 41.5 Å². The van der Waals surface area contributed by atoms with Crippen molar-refractivity contribution in [2.24, 2.45) is 0 Å². The van der Waals surface area contributed by atoms with E-state index in [2.05, 4.69) is 16.4 Å². The Labute approximate surface area is 182 Å². The molecule has 0 saturated heterocycles. The van der Waals surface area contributed by atoms with Crippen LogP contribution in [-0.2, 0) is 4.79 Å². The van der Waals surface area contributed by atoms with Crippen molar-refractivity contribution in [3.8, 4) is 17.6 Å². The zero-order valence-electron chi connectivity index (χ0n) is 16.7. The van der Waals surface area contributed by atoms with Crippen LogP contribution < -0.4 is 14.8 Å². The van der Waals surface area contributed by atoms with Gasteiger partial charge in [0, 0.05) is 5.39 Å². The number of carbonyl (C=O) groups is 1. The lowest BCUT2D eigenvalue weighted by molar-refractivity contribution is -0.384. The molecular formula is C21H18N4O5S. The standard InChI is InChI=1S/C21H18N4O5S/c1-3-30-16-5-6-17-13(9-16)8-14(11-22)21(24-17)31-12-20(26)23-18-7-4-15(29-2)10-19(18)25(27)28/h4-10H,3,12H2,1-2H3,(H,23,26). The summed E-state index contributed by atoms with van der Waals surface area (Å²) in [5.41, 5.74) is 0.779. The van der Waals surface area contributed by atoms with Crippen LogP contribution in [0.2, 0.25) is 0 Å². The number of amides is 1. The number of methoxy groups -OCH3 is 1. The van der Waals surface area contributed by atoms with Gasteiger partial charge in [-0.3, -0.25) is 14.9 Å². The maximum Gasteiger partial charge on any atom is 0.296 e. The molecule has 0 aliphatic heterocycles. The Hall–Kier alpha value is -3.84. The number of ether oxygens (including phenoxy) is 2. The number of benzene rings is 2. The Kier molecular flexibility index (Phi) is 6.89. The van der Waals surface area contributed by atoms with E-state index in [9.17, 15) is 20.2 Å². The van der Waals surface area contributed by atoms with Crippen LogP contribution >= 0.6 is 11.8 Å². The SMILES string of the molecule is CCOc1ccc2nc(SCC(=O)Nc3ccc(OC)cc3[N+](=O)[O-])c(C#N)cc2c1. The third-order valence-corrected chi connectivity index (χ3v) is 5.19. The average molecular weight is 438 g/mol. The molecule has 1 N–H and O–H groups in total. The lowest BCUT2D eigenvalue weighted by Crippen LogP contribution is -2.15. The van der Waals surface area contributed by atoms with E-state index in [-0.39, 0.29) is 17.1 Å². The summed E-state index contributed by atoms with van der Waals surface area (Å²) in [4.78, 5) is 27.5. The molecule has 0 unspecified atom stereocenters. The van der Waals surface area contributed by atoms with Gasteiger partial charge in [-0.05, 0) is 43.3 Å². The summed E-state index contributed by atoms with van der Waals surface area (Å²) in [6, 6.07) is 13.3. The minimum atomic E-state index is -0.597. The smallest absolute Gasteiger partial charge is 0.296 e. The van der Waals surface area contributed by atoms with Crippen LogP contribution in [0, 0.1) is 21.4 Å². The summed E-state index contributed by atoms with van der Waals surface area (Å²) in [5, 5.41) is 24.4. The molecule has 158 valence electrons. The zero-order valence-corrected chi connectivity index (χ0v) is 17.6. The normalized spacial score (nSPS) is 10.4. The third-order valence-electron chi connectivity index (χ3n) is 4.20. The maximum absolute atomic E-state index is 12.4. The van der Waals surface area contributed by atoms with Gasteiger partial charge in [-0.25, -0.2) is 4.98 Å². The molecule has 0 spiro atoms. The number of anilines is 1. The monoisotopic (exact) mass is 438 g/mol. The molecular weight excluding hydrogens is 420 g/mol. The summed E-state index contributed by atoms with van der Waals surface area (Å²) in [7, 11) is 1.40. The Morgan fingerprint density at radius 2 is 2.03 bits per heavy atom. The molecule has 0 fully saturated rings. The predicted molar refractivity (Wildman–Crippen MR) is 117 cm³/mol. The summed E-state index contributed by atoms with van der Waals surface area (Å²) in [5.74, 6) is 0.454. The highest BCUT2D eigenvalue weighted by molar-refractivity contribution is 8.00. The van der Waals surface area contributed by atoms with Gasteiger partial charge in [0.2, 0.25) is 5.91 Å². The van der Waals surface area contributed by atoms with Crippen molar-refractivity contribution in [2.75, 3.05) is 24.8 Å². The first-order chi connectivity index (χ1) is 14.9. The van der Waals surface area contributed by atoms with Gasteiger partial charge in [0.1, 0.15) is 28.3 Å². The van der Waals surface area contributed by atoms with E-state index < -0.39 is 10.8 Å². The number of nitriles is 1. The number of nitrogens with zero attached hydrogens (tertiary/aromatic N) is 3. The van der Waals surface area contributed by atoms with Crippen LogP contribution in [-0.4, -0.2) is 35.3 Å². The van der Waals surface area contributed by atoms with Crippen LogP contribution in [0.4, 0.5) is 11.4 Å². The molecule has 9 nitrogen and oxygen atoms in total. The van der Waals surface area contributed by atoms with Crippen molar-refractivity contribution in [2.45, 2.75) is 11.9 Å². The van der Waals surface area contributed by atoms with Crippen molar-refractivity contribution in [3.05, 3.63) is 58.1 Å². The topological polar surface area (TPSA) is 127 Å². The molecule has 10 heteroatoms. The van der Waals surface area contributed by atoms with Crippen molar-refractivity contribution >= 4 is 39.9 Å². The van der Waals surface area contributed by atoms with E-state index in [0.717, 1.165) is 17.1 Å². The van der Waals surface area contributed by atoms with Gasteiger partial charge < -0.3 is 14.8 Å². The number of carbonyl (C=O) groups excluding carboxylic acids is 1. The fraction of sp³-hybridized carbons (Fsp3) is 0.190. The van der Waals surface area contributed by atoms with Gasteiger partial charge in [0.15, 0.2) is 0 Å². The molecule has 0 atom stereocenters. The first-order valence-electron chi connectivity index (χ1n) is 9.18. The molecule has 0 aliphatic rings. The van der Waals surface area contributed by atoms with E-state index in [0.29, 0.717) is 34.2 Å². The second kappa shape index (κ2) is 9.77. The minimum absolute atomic E-state index is 0.0619. The van der Waals surface area contributed by atoms with E-state index in [1.54, 1.807) is 24.3 Å². The number of nitrogens with one attached hydrogen (secondary N) is 1. The predicted octanol–water partition coefficient (Wildman–Crippen LogP) is 4.15. The van der Waals surface area contributed by atoms with Crippen molar-refractivity contribution in [3.63, 3.8) is 0 Å². The molecule has 1 aromatic heterocycles. The number of fused-ring (bicyclic) bond motifs is 1.